The maximum absolute atomic E-state index is 12.6. The zero-order valence-corrected chi connectivity index (χ0v) is 21.0. The summed E-state index contributed by atoms with van der Waals surface area (Å²) in [5, 5.41) is 2.86. The number of carbonyl (C=O) groups is 1. The highest BCUT2D eigenvalue weighted by atomic mass is 16.5. The van der Waals surface area contributed by atoms with E-state index in [-0.39, 0.29) is 5.91 Å². The van der Waals surface area contributed by atoms with Crippen LogP contribution in [0, 0.1) is 0 Å². The second kappa shape index (κ2) is 12.2. The summed E-state index contributed by atoms with van der Waals surface area (Å²) in [5.41, 5.74) is 9.44. The summed E-state index contributed by atoms with van der Waals surface area (Å²) in [7, 11) is 7.80. The van der Waals surface area contributed by atoms with E-state index in [2.05, 4.69) is 5.32 Å². The van der Waals surface area contributed by atoms with Crippen molar-refractivity contribution >= 4 is 35.5 Å². The van der Waals surface area contributed by atoms with Gasteiger partial charge >= 0.3 is 0 Å². The molecule has 0 aliphatic heterocycles. The molecular weight excluding hydrogens is 460 g/mol. The lowest BCUT2D eigenvalue weighted by atomic mass is 10.1. The standard InChI is InChI=1S/C28H30N2O6/c1-32-23-11-8-18(14-21(23)29)10-13-27(31)30-22-15-19(9-12-24(22)33-2)6-7-20-16-25(34-3)28(36-5)26(17-20)35-4/h6-17H,29H2,1-5H3,(H,30,31)/b7-6?,13-10+. The van der Waals surface area contributed by atoms with Gasteiger partial charge in [-0.25, -0.2) is 0 Å². The molecule has 8 nitrogen and oxygen atoms in total. The van der Waals surface area contributed by atoms with E-state index >= 15 is 0 Å². The molecule has 3 N–H and O–H groups in total. The Morgan fingerprint density at radius 2 is 1.22 bits per heavy atom. The SMILES string of the molecule is COc1ccc(/C=C/C(=O)Nc2cc(C=Cc3cc(OC)c(OC)c(OC)c3)ccc2OC)cc1N. The second-order valence-corrected chi connectivity index (χ2v) is 7.58. The smallest absolute Gasteiger partial charge is 0.248 e. The van der Waals surface area contributed by atoms with E-state index in [9.17, 15) is 4.79 Å². The number of amides is 1. The Hall–Kier alpha value is -4.59. The van der Waals surface area contributed by atoms with Crippen LogP contribution in [0.3, 0.4) is 0 Å². The molecule has 8 heteroatoms. The summed E-state index contributed by atoms with van der Waals surface area (Å²) >= 11 is 0. The third-order valence-corrected chi connectivity index (χ3v) is 5.32. The van der Waals surface area contributed by atoms with E-state index in [1.807, 2.05) is 42.5 Å². The molecule has 3 rings (SSSR count). The molecule has 1 amide bonds. The first-order valence-electron chi connectivity index (χ1n) is 11.0. The van der Waals surface area contributed by atoms with Gasteiger partial charge in [0.05, 0.1) is 46.9 Å². The lowest BCUT2D eigenvalue weighted by Gasteiger charge is -2.13. The van der Waals surface area contributed by atoms with Crippen LogP contribution in [0.4, 0.5) is 11.4 Å². The molecule has 0 saturated heterocycles. The number of benzene rings is 3. The summed E-state index contributed by atoms with van der Waals surface area (Å²) in [4.78, 5) is 12.6. The van der Waals surface area contributed by atoms with Gasteiger partial charge in [-0.2, -0.15) is 0 Å². The van der Waals surface area contributed by atoms with Crippen molar-refractivity contribution < 1.29 is 28.5 Å². The van der Waals surface area contributed by atoms with Gasteiger partial charge < -0.3 is 34.7 Å². The van der Waals surface area contributed by atoms with Crippen LogP contribution in [0.15, 0.2) is 54.6 Å². The maximum atomic E-state index is 12.6. The van der Waals surface area contributed by atoms with Crippen molar-refractivity contribution in [2.24, 2.45) is 0 Å². The molecule has 0 bridgehead atoms. The predicted octanol–water partition coefficient (Wildman–Crippen LogP) is 5.13. The molecule has 0 aliphatic rings. The molecule has 0 heterocycles. The number of carbonyl (C=O) groups excluding carboxylic acids is 1. The Bertz CT molecular complexity index is 1260. The average Bonchev–Trinajstić information content (AvgIpc) is 2.90. The fourth-order valence-corrected chi connectivity index (χ4v) is 3.52. The molecule has 36 heavy (non-hydrogen) atoms. The summed E-state index contributed by atoms with van der Waals surface area (Å²) in [6, 6.07) is 14.5. The number of nitrogens with one attached hydrogen (secondary N) is 1. The number of hydrogen-bond donors (Lipinski definition) is 2. The molecule has 0 saturated carbocycles. The van der Waals surface area contributed by atoms with Gasteiger partial charge in [-0.3, -0.25) is 4.79 Å². The Balaban J connectivity index is 1.80. The number of rotatable bonds is 10. The van der Waals surface area contributed by atoms with Gasteiger partial charge in [-0.15, -0.1) is 0 Å². The maximum Gasteiger partial charge on any atom is 0.248 e. The van der Waals surface area contributed by atoms with Gasteiger partial charge in [-0.1, -0.05) is 24.3 Å². The van der Waals surface area contributed by atoms with Gasteiger partial charge in [0.1, 0.15) is 11.5 Å². The monoisotopic (exact) mass is 490 g/mol. The summed E-state index contributed by atoms with van der Waals surface area (Å²) in [6.45, 7) is 0. The molecule has 3 aromatic carbocycles. The normalized spacial score (nSPS) is 10.9. The fourth-order valence-electron chi connectivity index (χ4n) is 3.52. The van der Waals surface area contributed by atoms with E-state index in [0.717, 1.165) is 16.7 Å². The minimum Gasteiger partial charge on any atom is -0.495 e. The summed E-state index contributed by atoms with van der Waals surface area (Å²) < 4.78 is 26.8. The number of nitrogens with two attached hydrogens (primary N) is 1. The Morgan fingerprint density at radius 3 is 1.78 bits per heavy atom. The van der Waals surface area contributed by atoms with E-state index in [0.29, 0.717) is 40.1 Å². The molecule has 3 aromatic rings. The first-order chi connectivity index (χ1) is 17.4. The van der Waals surface area contributed by atoms with Gasteiger partial charge in [0, 0.05) is 6.08 Å². The zero-order chi connectivity index (χ0) is 26.1. The van der Waals surface area contributed by atoms with Crippen LogP contribution >= 0.6 is 0 Å². The predicted molar refractivity (Wildman–Crippen MR) is 143 cm³/mol. The van der Waals surface area contributed by atoms with Crippen LogP contribution in [-0.2, 0) is 4.79 Å². The first kappa shape index (κ1) is 26.0. The Kier molecular flexibility index (Phi) is 8.83. The zero-order valence-electron chi connectivity index (χ0n) is 21.0. The molecule has 0 spiro atoms. The highest BCUT2D eigenvalue weighted by molar-refractivity contribution is 6.03. The minimum absolute atomic E-state index is 0.312. The number of methoxy groups -OCH3 is 5. The average molecular weight is 491 g/mol. The third-order valence-electron chi connectivity index (χ3n) is 5.32. The lowest BCUT2D eigenvalue weighted by molar-refractivity contribution is -0.111. The summed E-state index contributed by atoms with van der Waals surface area (Å²) in [6.07, 6.45) is 6.92. The van der Waals surface area contributed by atoms with Gasteiger partial charge in [0.25, 0.3) is 0 Å². The molecular formula is C28H30N2O6. The topological polar surface area (TPSA) is 101 Å². The molecule has 0 aromatic heterocycles. The van der Waals surface area contributed by atoms with Crippen LogP contribution in [0.1, 0.15) is 16.7 Å². The molecule has 0 fully saturated rings. The number of ether oxygens (including phenoxy) is 5. The summed E-state index contributed by atoms with van der Waals surface area (Å²) in [5.74, 6) is 2.45. The van der Waals surface area contributed by atoms with Gasteiger partial charge in [0.2, 0.25) is 11.7 Å². The van der Waals surface area contributed by atoms with Crippen molar-refractivity contribution in [2.45, 2.75) is 0 Å². The Morgan fingerprint density at radius 1 is 0.667 bits per heavy atom. The highest BCUT2D eigenvalue weighted by Gasteiger charge is 2.12. The van der Waals surface area contributed by atoms with Crippen molar-refractivity contribution in [3.63, 3.8) is 0 Å². The minimum atomic E-state index is -0.312. The van der Waals surface area contributed by atoms with Gasteiger partial charge in [-0.05, 0) is 59.2 Å². The molecule has 0 atom stereocenters. The van der Waals surface area contributed by atoms with E-state index < -0.39 is 0 Å². The lowest BCUT2D eigenvalue weighted by Crippen LogP contribution is -2.09. The molecule has 188 valence electrons. The van der Waals surface area contributed by atoms with Crippen molar-refractivity contribution in [1.29, 1.82) is 0 Å². The van der Waals surface area contributed by atoms with Crippen molar-refractivity contribution in [2.75, 3.05) is 46.6 Å². The third kappa shape index (κ3) is 6.29. The Labute approximate surface area is 210 Å². The van der Waals surface area contributed by atoms with Crippen LogP contribution in [0.5, 0.6) is 28.7 Å². The fraction of sp³-hybridized carbons (Fsp3) is 0.179. The number of nitrogen functional groups attached to an aromatic ring is 1. The van der Waals surface area contributed by atoms with Gasteiger partial charge in [0.15, 0.2) is 11.5 Å². The quantitative estimate of drug-likeness (QED) is 0.231. The molecule has 0 radical (unpaired) electrons. The van der Waals surface area contributed by atoms with E-state index in [1.165, 1.54) is 6.08 Å². The largest absolute Gasteiger partial charge is 0.495 e. The van der Waals surface area contributed by atoms with Crippen LogP contribution in [-0.4, -0.2) is 41.5 Å². The number of anilines is 2. The second-order valence-electron chi connectivity index (χ2n) is 7.58. The van der Waals surface area contributed by atoms with E-state index in [1.54, 1.807) is 59.8 Å². The molecule has 0 aliphatic carbocycles. The van der Waals surface area contributed by atoms with Crippen molar-refractivity contribution in [1.82, 2.24) is 0 Å². The molecule has 0 unspecified atom stereocenters. The van der Waals surface area contributed by atoms with E-state index in [4.69, 9.17) is 29.4 Å². The van der Waals surface area contributed by atoms with Crippen LogP contribution < -0.4 is 34.7 Å². The van der Waals surface area contributed by atoms with Crippen LogP contribution in [0.25, 0.3) is 18.2 Å². The van der Waals surface area contributed by atoms with Crippen molar-refractivity contribution in [3.05, 3.63) is 71.3 Å². The first-order valence-corrected chi connectivity index (χ1v) is 11.0. The highest BCUT2D eigenvalue weighted by Crippen LogP contribution is 2.38. The van der Waals surface area contributed by atoms with Crippen LogP contribution in [0.2, 0.25) is 0 Å². The number of hydrogen-bond acceptors (Lipinski definition) is 7. The van der Waals surface area contributed by atoms with Crippen molar-refractivity contribution in [3.8, 4) is 28.7 Å².